The van der Waals surface area contributed by atoms with Crippen LogP contribution in [0.1, 0.15) is 80.0 Å². The second-order valence-corrected chi connectivity index (χ2v) is 5.35. The monoisotopic (exact) mass is 264 g/mol. The van der Waals surface area contributed by atoms with Crippen LogP contribution in [0, 0.1) is 0 Å². The van der Waals surface area contributed by atoms with Crippen molar-refractivity contribution in [2.45, 2.75) is 97.5 Å². The van der Waals surface area contributed by atoms with Gasteiger partial charge < -0.3 is 1.43 Å². The van der Waals surface area contributed by atoms with E-state index in [4.69, 9.17) is 0 Å². The first-order valence-electron chi connectivity index (χ1n) is 7.85. The molecule has 0 saturated heterocycles. The quantitative estimate of drug-likeness (QED) is 0.375. The van der Waals surface area contributed by atoms with Gasteiger partial charge in [-0.2, -0.15) is 0 Å². The maximum Gasteiger partial charge on any atom is 1.00 e. The summed E-state index contributed by atoms with van der Waals surface area (Å²) in [6, 6.07) is 0. The molecule has 0 aromatic rings. The van der Waals surface area contributed by atoms with Gasteiger partial charge in [0.05, 0.1) is 0 Å². The second-order valence-electron chi connectivity index (χ2n) is 5.35. The first-order valence-corrected chi connectivity index (χ1v) is 7.85. The van der Waals surface area contributed by atoms with Gasteiger partial charge in [0, 0.05) is 0 Å². The molecule has 0 rings (SSSR count). The predicted molar refractivity (Wildman–Crippen MR) is 79.9 cm³/mol. The number of hydrogen-bond donors (Lipinski definition) is 0. The van der Waals surface area contributed by atoms with Crippen molar-refractivity contribution in [3.05, 3.63) is 0 Å². The van der Waals surface area contributed by atoms with Gasteiger partial charge in [-0.05, 0) is 0 Å². The van der Waals surface area contributed by atoms with Crippen molar-refractivity contribution in [2.24, 2.45) is 0 Å². The van der Waals surface area contributed by atoms with Gasteiger partial charge in [0.1, 0.15) is 6.71 Å². The van der Waals surface area contributed by atoms with Crippen molar-refractivity contribution in [3.63, 3.8) is 0 Å². The predicted octanol–water partition coefficient (Wildman–Crippen LogP) is 3.17. The van der Waals surface area contributed by atoms with Gasteiger partial charge in [-0.25, -0.2) is 0 Å². The molecule has 0 aromatic carbocycles. The minimum absolute atomic E-state index is 0. The molecule has 0 spiro atoms. The van der Waals surface area contributed by atoms with Crippen LogP contribution in [-0.4, -0.2) is 6.71 Å². The summed E-state index contributed by atoms with van der Waals surface area (Å²) in [6.07, 6.45) is 17.4. The van der Waals surface area contributed by atoms with E-state index < -0.39 is 0 Å². The van der Waals surface area contributed by atoms with Gasteiger partial charge in [-0.3, -0.25) is 0 Å². The topological polar surface area (TPSA) is 0 Å². The summed E-state index contributed by atoms with van der Waals surface area (Å²) in [7, 11) is 0. The molecule has 0 aromatic heterocycles. The van der Waals surface area contributed by atoms with Gasteiger partial charge in [-0.1, -0.05) is 97.5 Å². The SMILES string of the molecule is CCCCCB(CCCCC)CCCCC.[H-].[K+]. The summed E-state index contributed by atoms with van der Waals surface area (Å²) in [4.78, 5) is 0. The molecule has 0 heterocycles. The Morgan fingerprint density at radius 2 is 0.882 bits per heavy atom. The van der Waals surface area contributed by atoms with Crippen LogP contribution in [0.2, 0.25) is 19.0 Å². The molecule has 0 saturated carbocycles. The van der Waals surface area contributed by atoms with Crippen LogP contribution in [0.3, 0.4) is 0 Å². The Kier molecular flexibility index (Phi) is 21.9. The zero-order valence-electron chi connectivity index (χ0n) is 14.1. The second kappa shape index (κ2) is 17.7. The van der Waals surface area contributed by atoms with Crippen LogP contribution in [0.25, 0.3) is 0 Å². The molecule has 0 N–H and O–H groups in total. The molecule has 0 bridgehead atoms. The van der Waals surface area contributed by atoms with E-state index >= 15 is 0 Å². The van der Waals surface area contributed by atoms with Gasteiger partial charge in [0.15, 0.2) is 0 Å². The van der Waals surface area contributed by atoms with E-state index in [1.807, 2.05) is 0 Å². The van der Waals surface area contributed by atoms with E-state index in [0.29, 0.717) is 0 Å². The van der Waals surface area contributed by atoms with Gasteiger partial charge in [-0.15, -0.1) is 0 Å². The fourth-order valence-corrected chi connectivity index (χ4v) is 2.48. The summed E-state index contributed by atoms with van der Waals surface area (Å²) < 4.78 is 0. The first-order chi connectivity index (χ1) is 7.85. The van der Waals surface area contributed by atoms with Crippen molar-refractivity contribution < 1.29 is 52.8 Å². The van der Waals surface area contributed by atoms with Gasteiger partial charge >= 0.3 is 51.4 Å². The Hall–Kier alpha value is 1.70. The van der Waals surface area contributed by atoms with Crippen molar-refractivity contribution in [1.29, 1.82) is 0 Å². The summed E-state index contributed by atoms with van der Waals surface area (Å²) in [6.45, 7) is 7.97. The van der Waals surface area contributed by atoms with E-state index in [2.05, 4.69) is 20.8 Å². The smallest absolute Gasteiger partial charge is 1.00 e. The molecule has 2 heteroatoms. The molecule has 17 heavy (non-hydrogen) atoms. The summed E-state index contributed by atoms with van der Waals surface area (Å²) >= 11 is 0. The Labute approximate surface area is 155 Å². The third kappa shape index (κ3) is 15.6. The van der Waals surface area contributed by atoms with Crippen molar-refractivity contribution >= 4 is 6.71 Å². The number of rotatable bonds is 12. The van der Waals surface area contributed by atoms with E-state index in [-0.39, 0.29) is 52.8 Å². The standard InChI is InChI=1S/C15H33B.K.H/c1-4-7-10-13-16(14-11-8-5-2)15-12-9-6-3;;/h4-15H2,1-3H3;;/q;+1;-1. The van der Waals surface area contributed by atoms with Crippen LogP contribution in [0.15, 0.2) is 0 Å². The van der Waals surface area contributed by atoms with Crippen LogP contribution in [0.4, 0.5) is 0 Å². The molecule has 0 aliphatic rings. The minimum atomic E-state index is 0. The van der Waals surface area contributed by atoms with E-state index in [9.17, 15) is 0 Å². The molecule has 98 valence electrons. The summed E-state index contributed by atoms with van der Waals surface area (Å²) in [5.41, 5.74) is 0. The molecule has 0 aliphatic heterocycles. The average molecular weight is 264 g/mol. The first kappa shape index (κ1) is 21.0. The van der Waals surface area contributed by atoms with Crippen LogP contribution >= 0.6 is 0 Å². The van der Waals surface area contributed by atoms with Crippen molar-refractivity contribution in [3.8, 4) is 0 Å². The largest absolute Gasteiger partial charge is 1.00 e. The minimum Gasteiger partial charge on any atom is -1.00 e. The van der Waals surface area contributed by atoms with Gasteiger partial charge in [0.2, 0.25) is 0 Å². The Morgan fingerprint density at radius 3 is 1.12 bits per heavy atom. The molecule has 0 amide bonds. The fraction of sp³-hybridized carbons (Fsp3) is 1.00. The van der Waals surface area contributed by atoms with E-state index in [1.165, 1.54) is 76.7 Å². The molecule has 0 nitrogen and oxygen atoms in total. The van der Waals surface area contributed by atoms with Crippen LogP contribution < -0.4 is 51.4 Å². The third-order valence-electron chi connectivity index (χ3n) is 3.65. The molecule has 0 fully saturated rings. The third-order valence-corrected chi connectivity index (χ3v) is 3.65. The maximum atomic E-state index is 2.31. The Bertz CT molecular complexity index is 110. The molecule has 0 aliphatic carbocycles. The number of unbranched alkanes of at least 4 members (excludes halogenated alkanes) is 6. The maximum absolute atomic E-state index is 2.31. The van der Waals surface area contributed by atoms with E-state index in [1.54, 1.807) is 0 Å². The average Bonchev–Trinajstić information content (AvgIpc) is 2.29. The molecule has 0 atom stereocenters. The Balaban J connectivity index is -0.00000112. The fourth-order valence-electron chi connectivity index (χ4n) is 2.48. The number of hydrogen-bond acceptors (Lipinski definition) is 0. The van der Waals surface area contributed by atoms with E-state index in [0.717, 1.165) is 6.71 Å². The summed E-state index contributed by atoms with van der Waals surface area (Å²) in [5.74, 6) is 0. The molecular weight excluding hydrogens is 230 g/mol. The molecular formula is C15H34BK. The zero-order valence-corrected chi connectivity index (χ0v) is 16.2. The van der Waals surface area contributed by atoms with Crippen LogP contribution in [-0.2, 0) is 0 Å². The molecule has 0 unspecified atom stereocenters. The van der Waals surface area contributed by atoms with Crippen molar-refractivity contribution in [1.82, 2.24) is 0 Å². The van der Waals surface area contributed by atoms with Crippen LogP contribution in [0.5, 0.6) is 0 Å². The normalized spacial score (nSPS) is 10.1. The Morgan fingerprint density at radius 1 is 0.588 bits per heavy atom. The molecule has 0 radical (unpaired) electrons. The summed E-state index contributed by atoms with van der Waals surface area (Å²) in [5, 5.41) is 0. The zero-order chi connectivity index (χ0) is 12.1. The van der Waals surface area contributed by atoms with Crippen molar-refractivity contribution in [2.75, 3.05) is 0 Å². The van der Waals surface area contributed by atoms with Gasteiger partial charge in [0.25, 0.3) is 0 Å².